The number of anilines is 1. The van der Waals surface area contributed by atoms with Gasteiger partial charge in [-0.3, -0.25) is 9.71 Å². The first-order chi connectivity index (χ1) is 12.1. The molecular formula is C17H29FN4O2S2. The number of nitrogens with zero attached hydrogens (tertiary/aromatic N) is 1. The van der Waals surface area contributed by atoms with Gasteiger partial charge in [-0.05, 0) is 51.6 Å². The number of hydrogen-bond donors (Lipinski definition) is 3. The highest BCUT2D eigenvalue weighted by Gasteiger charge is 2.16. The summed E-state index contributed by atoms with van der Waals surface area (Å²) in [6.45, 7) is 9.24. The fourth-order valence-electron chi connectivity index (χ4n) is 1.87. The van der Waals surface area contributed by atoms with Crippen molar-refractivity contribution in [2.24, 2.45) is 4.99 Å². The molecule has 0 aliphatic heterocycles. The van der Waals surface area contributed by atoms with Crippen LogP contribution in [0.4, 0.5) is 10.1 Å². The highest BCUT2D eigenvalue weighted by molar-refractivity contribution is 7.99. The van der Waals surface area contributed by atoms with Crippen LogP contribution in [-0.4, -0.2) is 50.8 Å². The number of benzene rings is 1. The van der Waals surface area contributed by atoms with Crippen molar-refractivity contribution in [3.8, 4) is 0 Å². The Hall–Kier alpha value is -1.48. The molecule has 0 saturated carbocycles. The lowest BCUT2D eigenvalue weighted by molar-refractivity contribution is 0.599. The van der Waals surface area contributed by atoms with Crippen LogP contribution in [0.25, 0.3) is 0 Å². The summed E-state index contributed by atoms with van der Waals surface area (Å²) in [5.74, 6) is -0.0220. The predicted molar refractivity (Wildman–Crippen MR) is 110 cm³/mol. The number of thioether (sulfide) groups is 1. The highest BCUT2D eigenvalue weighted by atomic mass is 32.2. The molecule has 148 valence electrons. The third-order valence-electron chi connectivity index (χ3n) is 3.62. The van der Waals surface area contributed by atoms with Crippen molar-refractivity contribution in [3.63, 3.8) is 0 Å². The maximum atomic E-state index is 13.5. The van der Waals surface area contributed by atoms with Crippen molar-refractivity contribution in [3.05, 3.63) is 29.6 Å². The van der Waals surface area contributed by atoms with Gasteiger partial charge in [0, 0.05) is 17.8 Å². The number of rotatable bonds is 9. The van der Waals surface area contributed by atoms with Crippen LogP contribution >= 0.6 is 11.8 Å². The summed E-state index contributed by atoms with van der Waals surface area (Å²) in [5, 5.41) is 6.11. The first-order valence-corrected chi connectivity index (χ1v) is 11.3. The second-order valence-electron chi connectivity index (χ2n) is 6.47. The molecule has 9 heteroatoms. The molecule has 0 spiro atoms. The Morgan fingerprint density at radius 1 is 1.31 bits per heavy atom. The normalized spacial score (nSPS) is 12.8. The van der Waals surface area contributed by atoms with E-state index in [2.05, 4.69) is 34.2 Å². The van der Waals surface area contributed by atoms with E-state index in [1.165, 1.54) is 12.1 Å². The Labute approximate surface area is 160 Å². The van der Waals surface area contributed by atoms with Gasteiger partial charge in [-0.15, -0.1) is 0 Å². The van der Waals surface area contributed by atoms with Gasteiger partial charge in [0.2, 0.25) is 10.0 Å². The third-order valence-corrected chi connectivity index (χ3v) is 6.15. The lowest BCUT2D eigenvalue weighted by Gasteiger charge is -2.20. The fourth-order valence-corrected chi connectivity index (χ4v) is 3.02. The van der Waals surface area contributed by atoms with Crippen LogP contribution < -0.4 is 15.4 Å². The summed E-state index contributed by atoms with van der Waals surface area (Å²) in [6, 6.07) is 4.25. The van der Waals surface area contributed by atoms with Crippen molar-refractivity contribution in [1.29, 1.82) is 0 Å². The van der Waals surface area contributed by atoms with E-state index in [1.54, 1.807) is 24.8 Å². The molecule has 0 unspecified atom stereocenters. The van der Waals surface area contributed by atoms with Crippen molar-refractivity contribution in [2.75, 3.05) is 36.4 Å². The van der Waals surface area contributed by atoms with Gasteiger partial charge in [-0.2, -0.15) is 11.8 Å². The van der Waals surface area contributed by atoms with Crippen molar-refractivity contribution in [2.45, 2.75) is 32.4 Å². The second-order valence-corrected chi connectivity index (χ2v) is 9.83. The van der Waals surface area contributed by atoms with Crippen molar-refractivity contribution in [1.82, 2.24) is 10.6 Å². The van der Waals surface area contributed by atoms with Crippen LogP contribution in [0.15, 0.2) is 23.2 Å². The maximum Gasteiger partial charge on any atom is 0.234 e. The first-order valence-electron chi connectivity index (χ1n) is 8.42. The summed E-state index contributed by atoms with van der Waals surface area (Å²) >= 11 is 1.72. The molecule has 0 amide bonds. The SMILES string of the molecule is CCNC(=NCC(C)(C)SC)NCCS(=O)(=O)Nc1ccc(C)c(F)c1. The Bertz CT molecular complexity index is 721. The van der Waals surface area contributed by atoms with Gasteiger partial charge in [0.05, 0.1) is 18.0 Å². The van der Waals surface area contributed by atoms with E-state index < -0.39 is 15.8 Å². The molecule has 0 aliphatic carbocycles. The van der Waals surface area contributed by atoms with E-state index in [-0.39, 0.29) is 22.7 Å². The molecule has 0 radical (unpaired) electrons. The summed E-state index contributed by atoms with van der Waals surface area (Å²) in [7, 11) is -3.59. The van der Waals surface area contributed by atoms with Crippen LogP contribution in [0.3, 0.4) is 0 Å². The van der Waals surface area contributed by atoms with Gasteiger partial charge in [0.15, 0.2) is 5.96 Å². The molecule has 1 aromatic rings. The Morgan fingerprint density at radius 2 is 2.00 bits per heavy atom. The number of sulfonamides is 1. The van der Waals surface area contributed by atoms with E-state index in [0.29, 0.717) is 24.6 Å². The molecular weight excluding hydrogens is 375 g/mol. The third kappa shape index (κ3) is 8.27. The Kier molecular flexibility index (Phi) is 8.69. The minimum absolute atomic E-state index is 0.00545. The molecule has 0 saturated heterocycles. The molecule has 1 rings (SSSR count). The topological polar surface area (TPSA) is 82.6 Å². The number of aryl methyl sites for hydroxylation is 1. The van der Waals surface area contributed by atoms with E-state index in [4.69, 9.17) is 0 Å². The Balaban J connectivity index is 2.61. The number of guanidine groups is 1. The zero-order valence-electron chi connectivity index (χ0n) is 16.0. The number of halogens is 1. The number of nitrogens with one attached hydrogen (secondary N) is 3. The minimum atomic E-state index is -3.59. The molecule has 0 heterocycles. The van der Waals surface area contributed by atoms with Gasteiger partial charge in [-0.25, -0.2) is 12.8 Å². The maximum absolute atomic E-state index is 13.5. The van der Waals surface area contributed by atoms with E-state index in [1.807, 2.05) is 13.2 Å². The smallest absolute Gasteiger partial charge is 0.234 e. The minimum Gasteiger partial charge on any atom is -0.357 e. The lowest BCUT2D eigenvalue weighted by Crippen LogP contribution is -2.41. The highest BCUT2D eigenvalue weighted by Crippen LogP contribution is 2.21. The first kappa shape index (κ1) is 22.6. The summed E-state index contributed by atoms with van der Waals surface area (Å²) in [4.78, 5) is 4.49. The number of aliphatic imine (C=N–C) groups is 1. The second kappa shape index (κ2) is 10.0. The van der Waals surface area contributed by atoms with Crippen LogP contribution in [0.5, 0.6) is 0 Å². The molecule has 1 aromatic carbocycles. The van der Waals surface area contributed by atoms with E-state index in [9.17, 15) is 12.8 Å². The molecule has 3 N–H and O–H groups in total. The lowest BCUT2D eigenvalue weighted by atomic mass is 10.2. The van der Waals surface area contributed by atoms with E-state index in [0.717, 1.165) is 0 Å². The van der Waals surface area contributed by atoms with Crippen LogP contribution in [-0.2, 0) is 10.0 Å². The average Bonchev–Trinajstić information content (AvgIpc) is 2.55. The fraction of sp³-hybridized carbons (Fsp3) is 0.588. The largest absolute Gasteiger partial charge is 0.357 e. The molecule has 0 fully saturated rings. The van der Waals surface area contributed by atoms with Crippen LogP contribution in [0.2, 0.25) is 0 Å². The van der Waals surface area contributed by atoms with E-state index >= 15 is 0 Å². The molecule has 26 heavy (non-hydrogen) atoms. The zero-order chi connectivity index (χ0) is 19.8. The Morgan fingerprint density at radius 3 is 2.58 bits per heavy atom. The van der Waals surface area contributed by atoms with Crippen LogP contribution in [0.1, 0.15) is 26.3 Å². The van der Waals surface area contributed by atoms with Crippen molar-refractivity contribution < 1.29 is 12.8 Å². The monoisotopic (exact) mass is 404 g/mol. The molecule has 0 aliphatic rings. The van der Waals surface area contributed by atoms with Gasteiger partial charge in [0.25, 0.3) is 0 Å². The molecule has 0 aromatic heterocycles. The van der Waals surface area contributed by atoms with Gasteiger partial charge < -0.3 is 10.6 Å². The molecule has 0 bridgehead atoms. The molecule has 0 atom stereocenters. The summed E-state index contributed by atoms with van der Waals surface area (Å²) < 4.78 is 40.2. The van der Waals surface area contributed by atoms with Crippen LogP contribution in [0, 0.1) is 12.7 Å². The average molecular weight is 405 g/mol. The van der Waals surface area contributed by atoms with Gasteiger partial charge in [-0.1, -0.05) is 6.07 Å². The standard InChI is InChI=1S/C17H29FN4O2S2/c1-6-19-16(21-12-17(3,4)25-5)20-9-10-26(23,24)22-14-8-7-13(2)15(18)11-14/h7-8,11,22H,6,9-10,12H2,1-5H3,(H2,19,20,21). The van der Waals surface area contributed by atoms with Gasteiger partial charge in [0.1, 0.15) is 5.82 Å². The summed E-state index contributed by atoms with van der Waals surface area (Å²) in [5.41, 5.74) is 0.685. The number of hydrogen-bond acceptors (Lipinski definition) is 4. The zero-order valence-corrected chi connectivity index (χ0v) is 17.7. The molecule has 6 nitrogen and oxygen atoms in total. The quantitative estimate of drug-likeness (QED) is 0.435. The summed E-state index contributed by atoms with van der Waals surface area (Å²) in [6.07, 6.45) is 2.03. The predicted octanol–water partition coefficient (Wildman–Crippen LogP) is 2.57. The van der Waals surface area contributed by atoms with Gasteiger partial charge >= 0.3 is 0 Å². The van der Waals surface area contributed by atoms with Crippen molar-refractivity contribution >= 4 is 33.4 Å².